The minimum atomic E-state index is 0.0155. The summed E-state index contributed by atoms with van der Waals surface area (Å²) in [7, 11) is 0. The summed E-state index contributed by atoms with van der Waals surface area (Å²) in [5.41, 5.74) is 5.90. The summed E-state index contributed by atoms with van der Waals surface area (Å²) in [5, 5.41) is 0. The standard InChI is InChI=1S/C9H13NO2/c1-6(2)3-8(11)9-4-7(10)5-12-9/h4-6H,3,10H2,1-2H3. The lowest BCUT2D eigenvalue weighted by atomic mass is 10.1. The number of furan rings is 1. The van der Waals surface area contributed by atoms with Crippen LogP contribution in [0.2, 0.25) is 0 Å². The fraction of sp³-hybridized carbons (Fsp3) is 0.444. The monoisotopic (exact) mass is 167 g/mol. The van der Waals surface area contributed by atoms with Crippen LogP contribution in [0.1, 0.15) is 30.8 Å². The third-order valence-electron chi connectivity index (χ3n) is 1.49. The van der Waals surface area contributed by atoms with Crippen LogP contribution < -0.4 is 5.73 Å². The zero-order valence-corrected chi connectivity index (χ0v) is 7.33. The van der Waals surface area contributed by atoms with Crippen LogP contribution in [0, 0.1) is 5.92 Å². The molecule has 1 rings (SSSR count). The van der Waals surface area contributed by atoms with E-state index in [1.165, 1.54) is 6.26 Å². The molecule has 2 N–H and O–H groups in total. The van der Waals surface area contributed by atoms with Gasteiger partial charge in [0, 0.05) is 12.5 Å². The lowest BCUT2D eigenvalue weighted by molar-refractivity contribution is 0.0940. The lowest BCUT2D eigenvalue weighted by Crippen LogP contribution is -2.01. The molecule has 0 amide bonds. The Labute approximate surface area is 71.6 Å². The van der Waals surface area contributed by atoms with Crippen LogP contribution in [-0.4, -0.2) is 5.78 Å². The Morgan fingerprint density at radius 2 is 2.33 bits per heavy atom. The van der Waals surface area contributed by atoms with E-state index in [0.717, 1.165) is 0 Å². The van der Waals surface area contributed by atoms with Crippen molar-refractivity contribution in [1.82, 2.24) is 0 Å². The Kier molecular flexibility index (Phi) is 2.53. The molecule has 0 bridgehead atoms. The first-order valence-electron chi connectivity index (χ1n) is 3.97. The zero-order chi connectivity index (χ0) is 9.14. The van der Waals surface area contributed by atoms with E-state index in [1.807, 2.05) is 13.8 Å². The van der Waals surface area contributed by atoms with Crippen LogP contribution in [0.4, 0.5) is 5.69 Å². The molecule has 0 spiro atoms. The molecule has 0 radical (unpaired) electrons. The van der Waals surface area contributed by atoms with Gasteiger partial charge in [0.2, 0.25) is 0 Å². The SMILES string of the molecule is CC(C)CC(=O)c1cc(N)co1. The van der Waals surface area contributed by atoms with E-state index in [1.54, 1.807) is 6.07 Å². The Hall–Kier alpha value is -1.25. The average Bonchev–Trinajstić information content (AvgIpc) is 2.34. The summed E-state index contributed by atoms with van der Waals surface area (Å²) in [6.45, 7) is 3.98. The summed E-state index contributed by atoms with van der Waals surface area (Å²) >= 11 is 0. The van der Waals surface area contributed by atoms with Crippen molar-refractivity contribution in [2.45, 2.75) is 20.3 Å². The van der Waals surface area contributed by atoms with Gasteiger partial charge < -0.3 is 10.2 Å². The molecule has 0 saturated carbocycles. The molecule has 0 aromatic carbocycles. The maximum Gasteiger partial charge on any atom is 0.198 e. The zero-order valence-electron chi connectivity index (χ0n) is 7.33. The van der Waals surface area contributed by atoms with Gasteiger partial charge in [-0.05, 0) is 5.92 Å². The molecular weight excluding hydrogens is 154 g/mol. The second kappa shape index (κ2) is 3.43. The molecule has 1 aromatic rings. The van der Waals surface area contributed by atoms with Gasteiger partial charge in [-0.2, -0.15) is 0 Å². The number of ketones is 1. The predicted octanol–water partition coefficient (Wildman–Crippen LogP) is 2.09. The second-order valence-corrected chi connectivity index (χ2v) is 3.27. The van der Waals surface area contributed by atoms with Crippen molar-refractivity contribution >= 4 is 11.5 Å². The molecule has 3 heteroatoms. The highest BCUT2D eigenvalue weighted by Crippen LogP contribution is 2.13. The number of Topliss-reactive ketones (excluding diaryl/α,β-unsaturated/α-hetero) is 1. The summed E-state index contributed by atoms with van der Waals surface area (Å²) in [4.78, 5) is 11.3. The molecule has 0 aliphatic rings. The Bertz CT molecular complexity index is 276. The number of rotatable bonds is 3. The minimum absolute atomic E-state index is 0.0155. The highest BCUT2D eigenvalue weighted by Gasteiger charge is 2.11. The van der Waals surface area contributed by atoms with Crippen LogP contribution in [-0.2, 0) is 0 Å². The van der Waals surface area contributed by atoms with Gasteiger partial charge in [-0.1, -0.05) is 13.8 Å². The maximum atomic E-state index is 11.3. The van der Waals surface area contributed by atoms with Gasteiger partial charge >= 0.3 is 0 Å². The third kappa shape index (κ3) is 2.12. The molecule has 0 aliphatic heterocycles. The van der Waals surface area contributed by atoms with Gasteiger partial charge in [0.05, 0.1) is 5.69 Å². The molecule has 1 heterocycles. The number of carbonyl (C=O) groups excluding carboxylic acids is 1. The van der Waals surface area contributed by atoms with Crippen LogP contribution in [0.5, 0.6) is 0 Å². The maximum absolute atomic E-state index is 11.3. The molecule has 0 unspecified atom stereocenters. The first-order chi connectivity index (χ1) is 5.59. The average molecular weight is 167 g/mol. The Morgan fingerprint density at radius 3 is 2.75 bits per heavy atom. The van der Waals surface area contributed by atoms with E-state index in [-0.39, 0.29) is 5.78 Å². The molecule has 0 aliphatic carbocycles. The first kappa shape index (κ1) is 8.84. The number of hydrogen-bond donors (Lipinski definition) is 1. The van der Waals surface area contributed by atoms with E-state index in [9.17, 15) is 4.79 Å². The minimum Gasteiger partial charge on any atom is -0.459 e. The van der Waals surface area contributed by atoms with Crippen LogP contribution in [0.25, 0.3) is 0 Å². The topological polar surface area (TPSA) is 56.2 Å². The third-order valence-corrected chi connectivity index (χ3v) is 1.49. The van der Waals surface area contributed by atoms with E-state index < -0.39 is 0 Å². The number of nitrogens with two attached hydrogens (primary N) is 1. The predicted molar refractivity (Wildman–Crippen MR) is 46.9 cm³/mol. The van der Waals surface area contributed by atoms with Gasteiger partial charge in [-0.25, -0.2) is 0 Å². The quantitative estimate of drug-likeness (QED) is 0.701. The van der Waals surface area contributed by atoms with Crippen molar-refractivity contribution < 1.29 is 9.21 Å². The largest absolute Gasteiger partial charge is 0.459 e. The molecule has 3 nitrogen and oxygen atoms in total. The Morgan fingerprint density at radius 1 is 1.67 bits per heavy atom. The second-order valence-electron chi connectivity index (χ2n) is 3.27. The molecule has 0 atom stereocenters. The van der Waals surface area contributed by atoms with E-state index in [4.69, 9.17) is 10.2 Å². The number of hydrogen-bond acceptors (Lipinski definition) is 3. The van der Waals surface area contributed by atoms with Crippen molar-refractivity contribution in [2.75, 3.05) is 5.73 Å². The van der Waals surface area contributed by atoms with Gasteiger partial charge in [-0.15, -0.1) is 0 Å². The van der Waals surface area contributed by atoms with Gasteiger partial charge in [0.15, 0.2) is 11.5 Å². The van der Waals surface area contributed by atoms with Crippen molar-refractivity contribution in [3.8, 4) is 0 Å². The fourth-order valence-electron chi connectivity index (χ4n) is 0.969. The van der Waals surface area contributed by atoms with Crippen molar-refractivity contribution in [1.29, 1.82) is 0 Å². The van der Waals surface area contributed by atoms with E-state index in [0.29, 0.717) is 23.8 Å². The molecule has 0 saturated heterocycles. The summed E-state index contributed by atoms with van der Waals surface area (Å²) < 4.78 is 4.95. The van der Waals surface area contributed by atoms with E-state index in [2.05, 4.69) is 0 Å². The van der Waals surface area contributed by atoms with Gasteiger partial charge in [-0.3, -0.25) is 4.79 Å². The van der Waals surface area contributed by atoms with Crippen molar-refractivity contribution in [3.05, 3.63) is 18.1 Å². The smallest absolute Gasteiger partial charge is 0.198 e. The molecule has 0 fully saturated rings. The fourth-order valence-corrected chi connectivity index (χ4v) is 0.969. The van der Waals surface area contributed by atoms with Crippen molar-refractivity contribution in [2.24, 2.45) is 5.92 Å². The number of nitrogen functional groups attached to an aromatic ring is 1. The van der Waals surface area contributed by atoms with Crippen molar-refractivity contribution in [3.63, 3.8) is 0 Å². The van der Waals surface area contributed by atoms with E-state index >= 15 is 0 Å². The molecular formula is C9H13NO2. The first-order valence-corrected chi connectivity index (χ1v) is 3.97. The summed E-state index contributed by atoms with van der Waals surface area (Å²) in [6, 6.07) is 1.56. The lowest BCUT2D eigenvalue weighted by Gasteiger charge is -1.99. The summed E-state index contributed by atoms with van der Waals surface area (Å²) in [6.07, 6.45) is 1.89. The normalized spacial score (nSPS) is 10.6. The molecule has 1 aromatic heterocycles. The van der Waals surface area contributed by atoms with Crippen LogP contribution in [0.15, 0.2) is 16.7 Å². The number of carbonyl (C=O) groups is 1. The van der Waals surface area contributed by atoms with Crippen LogP contribution in [0.3, 0.4) is 0 Å². The molecule has 12 heavy (non-hydrogen) atoms. The van der Waals surface area contributed by atoms with Crippen LogP contribution >= 0.6 is 0 Å². The van der Waals surface area contributed by atoms with Gasteiger partial charge in [0.1, 0.15) is 6.26 Å². The highest BCUT2D eigenvalue weighted by atomic mass is 16.3. The molecule has 66 valence electrons. The highest BCUT2D eigenvalue weighted by molar-refractivity contribution is 5.94. The Balaban J connectivity index is 2.65. The number of anilines is 1. The summed E-state index contributed by atoms with van der Waals surface area (Å²) in [5.74, 6) is 0.728. The van der Waals surface area contributed by atoms with Gasteiger partial charge in [0.25, 0.3) is 0 Å².